The molecular formula is C15H13N5O3. The van der Waals surface area contributed by atoms with Gasteiger partial charge in [-0.15, -0.1) is 0 Å². The van der Waals surface area contributed by atoms with Crippen LogP contribution in [0.2, 0.25) is 0 Å². The number of hydrogen-bond acceptors (Lipinski definition) is 6. The van der Waals surface area contributed by atoms with Gasteiger partial charge in [0.1, 0.15) is 0 Å². The highest BCUT2D eigenvalue weighted by Crippen LogP contribution is 2.27. The van der Waals surface area contributed by atoms with Gasteiger partial charge in [-0.3, -0.25) is 19.7 Å². The zero-order valence-corrected chi connectivity index (χ0v) is 11.8. The normalized spacial score (nSPS) is 12.7. The van der Waals surface area contributed by atoms with E-state index in [-0.39, 0.29) is 28.1 Å². The number of rotatable bonds is 2. The van der Waals surface area contributed by atoms with Gasteiger partial charge in [0.05, 0.1) is 11.1 Å². The fourth-order valence-corrected chi connectivity index (χ4v) is 2.41. The van der Waals surface area contributed by atoms with Crippen LogP contribution in [0.1, 0.15) is 31.1 Å². The molecular weight excluding hydrogens is 298 g/mol. The number of amides is 3. The molecule has 0 radical (unpaired) electrons. The number of nitrogen functional groups attached to an aromatic ring is 3. The molecule has 8 N–H and O–H groups in total. The number of fused-ring (bicyclic) bond motifs is 1. The largest absolute Gasteiger partial charge is 0.399 e. The van der Waals surface area contributed by atoms with Crippen molar-refractivity contribution in [1.82, 2.24) is 5.32 Å². The van der Waals surface area contributed by atoms with Gasteiger partial charge in [0.15, 0.2) is 0 Å². The van der Waals surface area contributed by atoms with Crippen LogP contribution in [-0.4, -0.2) is 17.7 Å². The molecule has 0 aliphatic carbocycles. The van der Waals surface area contributed by atoms with Gasteiger partial charge in [0.2, 0.25) is 0 Å². The maximum atomic E-state index is 12.2. The van der Waals surface area contributed by atoms with E-state index in [9.17, 15) is 14.4 Å². The lowest BCUT2D eigenvalue weighted by Crippen LogP contribution is -2.20. The van der Waals surface area contributed by atoms with Crippen molar-refractivity contribution in [3.05, 3.63) is 47.0 Å². The molecule has 0 atom stereocenters. The van der Waals surface area contributed by atoms with Crippen LogP contribution in [0.15, 0.2) is 30.3 Å². The molecule has 0 spiro atoms. The summed E-state index contributed by atoms with van der Waals surface area (Å²) in [5, 5.41) is 4.74. The third kappa shape index (κ3) is 2.53. The summed E-state index contributed by atoms with van der Waals surface area (Å²) in [6, 6.07) is 7.27. The van der Waals surface area contributed by atoms with Gasteiger partial charge in [0, 0.05) is 28.3 Å². The summed E-state index contributed by atoms with van der Waals surface area (Å²) in [6.07, 6.45) is 0. The number of nitrogens with two attached hydrogens (primary N) is 3. The lowest BCUT2D eigenvalue weighted by molar-refractivity contribution is 0.0879. The summed E-state index contributed by atoms with van der Waals surface area (Å²) >= 11 is 0. The molecule has 116 valence electrons. The molecule has 3 rings (SSSR count). The fraction of sp³-hybridized carbons (Fsp3) is 0. The first-order valence-electron chi connectivity index (χ1n) is 6.62. The molecule has 0 saturated carbocycles. The van der Waals surface area contributed by atoms with E-state index >= 15 is 0 Å². The quantitative estimate of drug-likeness (QED) is 0.403. The molecule has 0 unspecified atom stereocenters. The molecule has 1 heterocycles. The van der Waals surface area contributed by atoms with Gasteiger partial charge in [-0.25, -0.2) is 0 Å². The Morgan fingerprint density at radius 1 is 0.913 bits per heavy atom. The van der Waals surface area contributed by atoms with Crippen LogP contribution >= 0.6 is 0 Å². The van der Waals surface area contributed by atoms with Crippen molar-refractivity contribution in [3.63, 3.8) is 0 Å². The highest BCUT2D eigenvalue weighted by molar-refractivity contribution is 6.24. The van der Waals surface area contributed by atoms with Crippen LogP contribution in [0.3, 0.4) is 0 Å². The first kappa shape index (κ1) is 14.4. The van der Waals surface area contributed by atoms with E-state index in [0.29, 0.717) is 11.4 Å². The molecule has 0 saturated heterocycles. The minimum Gasteiger partial charge on any atom is -0.399 e. The second kappa shape index (κ2) is 5.02. The smallest absolute Gasteiger partial charge is 0.261 e. The van der Waals surface area contributed by atoms with Crippen molar-refractivity contribution in [3.8, 4) is 0 Å². The zero-order chi connectivity index (χ0) is 16.7. The third-order valence-electron chi connectivity index (χ3n) is 3.37. The predicted molar refractivity (Wildman–Crippen MR) is 85.9 cm³/mol. The molecule has 2 aromatic carbocycles. The van der Waals surface area contributed by atoms with E-state index in [2.05, 4.69) is 10.6 Å². The second-order valence-electron chi connectivity index (χ2n) is 5.11. The minimum absolute atomic E-state index is 0.105. The lowest BCUT2D eigenvalue weighted by Gasteiger charge is -2.09. The Morgan fingerprint density at radius 2 is 1.57 bits per heavy atom. The van der Waals surface area contributed by atoms with Crippen LogP contribution in [0.4, 0.5) is 22.7 Å². The number of hydrogen-bond donors (Lipinski definition) is 5. The Labute approximate surface area is 130 Å². The standard InChI is InChI=1S/C15H13N5O3/c16-7-1-6(2-8(17)3-7)13(21)19-9-4-10-12(11(18)5-9)15(23)20-14(10)22/h1-5H,16-18H2,(H,19,21)(H,20,22,23). The summed E-state index contributed by atoms with van der Waals surface area (Å²) in [4.78, 5) is 35.5. The fourth-order valence-electron chi connectivity index (χ4n) is 2.41. The Morgan fingerprint density at radius 3 is 2.22 bits per heavy atom. The van der Waals surface area contributed by atoms with Crippen LogP contribution in [0.5, 0.6) is 0 Å². The average Bonchev–Trinajstić information content (AvgIpc) is 2.73. The van der Waals surface area contributed by atoms with Crippen LogP contribution in [-0.2, 0) is 0 Å². The molecule has 0 bridgehead atoms. The lowest BCUT2D eigenvalue weighted by atomic mass is 10.1. The van der Waals surface area contributed by atoms with Gasteiger partial charge >= 0.3 is 0 Å². The molecule has 0 fully saturated rings. The van der Waals surface area contributed by atoms with E-state index in [1.165, 1.54) is 30.3 Å². The Balaban J connectivity index is 1.93. The zero-order valence-electron chi connectivity index (χ0n) is 11.8. The molecule has 8 nitrogen and oxygen atoms in total. The average molecular weight is 311 g/mol. The summed E-state index contributed by atoms with van der Waals surface area (Å²) in [5.74, 6) is -1.57. The van der Waals surface area contributed by atoms with Gasteiger partial charge < -0.3 is 22.5 Å². The molecule has 1 aliphatic heterocycles. The predicted octanol–water partition coefficient (Wildman–Crippen LogP) is 0.569. The van der Waals surface area contributed by atoms with Gasteiger partial charge in [0.25, 0.3) is 17.7 Å². The summed E-state index contributed by atoms with van der Waals surface area (Å²) in [6.45, 7) is 0. The molecule has 1 aliphatic rings. The number of anilines is 4. The SMILES string of the molecule is Nc1cc(N)cc(C(=O)Nc2cc(N)c3c(c2)C(=O)NC3=O)c1. The number of carbonyl (C=O) groups is 3. The molecule has 8 heteroatoms. The molecule has 23 heavy (non-hydrogen) atoms. The maximum Gasteiger partial charge on any atom is 0.261 e. The number of imide groups is 1. The highest BCUT2D eigenvalue weighted by Gasteiger charge is 2.29. The maximum absolute atomic E-state index is 12.2. The van der Waals surface area contributed by atoms with E-state index in [4.69, 9.17) is 17.2 Å². The van der Waals surface area contributed by atoms with E-state index < -0.39 is 17.7 Å². The van der Waals surface area contributed by atoms with Crippen molar-refractivity contribution in [2.24, 2.45) is 0 Å². The topological polar surface area (TPSA) is 153 Å². The Bertz CT molecular complexity index is 855. The van der Waals surface area contributed by atoms with E-state index in [1.54, 1.807) is 0 Å². The second-order valence-corrected chi connectivity index (χ2v) is 5.11. The van der Waals surface area contributed by atoms with Crippen molar-refractivity contribution in [2.45, 2.75) is 0 Å². The van der Waals surface area contributed by atoms with Crippen molar-refractivity contribution < 1.29 is 14.4 Å². The van der Waals surface area contributed by atoms with E-state index in [0.717, 1.165) is 0 Å². The highest BCUT2D eigenvalue weighted by atomic mass is 16.2. The summed E-state index contributed by atoms with van der Waals surface area (Å²) < 4.78 is 0. The Kier molecular flexibility index (Phi) is 3.14. The van der Waals surface area contributed by atoms with Gasteiger partial charge in [-0.05, 0) is 30.3 Å². The van der Waals surface area contributed by atoms with Crippen LogP contribution in [0, 0.1) is 0 Å². The number of carbonyl (C=O) groups excluding carboxylic acids is 3. The molecule has 0 aromatic heterocycles. The molecule has 2 aromatic rings. The monoisotopic (exact) mass is 311 g/mol. The number of nitrogens with one attached hydrogen (secondary N) is 2. The van der Waals surface area contributed by atoms with Gasteiger partial charge in [-0.2, -0.15) is 0 Å². The molecule has 3 amide bonds. The first-order valence-corrected chi connectivity index (χ1v) is 6.62. The third-order valence-corrected chi connectivity index (χ3v) is 3.37. The van der Waals surface area contributed by atoms with Crippen molar-refractivity contribution in [2.75, 3.05) is 22.5 Å². The van der Waals surface area contributed by atoms with Gasteiger partial charge in [-0.1, -0.05) is 0 Å². The summed E-state index contributed by atoms with van der Waals surface area (Å²) in [7, 11) is 0. The minimum atomic E-state index is -0.555. The van der Waals surface area contributed by atoms with Crippen molar-refractivity contribution in [1.29, 1.82) is 0 Å². The number of benzene rings is 2. The van der Waals surface area contributed by atoms with Crippen LogP contribution < -0.4 is 27.8 Å². The Hall–Kier alpha value is -3.55. The first-order chi connectivity index (χ1) is 10.8. The summed E-state index contributed by atoms with van der Waals surface area (Å²) in [5.41, 5.74) is 18.7. The van der Waals surface area contributed by atoms with E-state index in [1.807, 2.05) is 0 Å². The van der Waals surface area contributed by atoms with Crippen LogP contribution in [0.25, 0.3) is 0 Å². The van der Waals surface area contributed by atoms with Crippen molar-refractivity contribution >= 4 is 40.5 Å².